The second-order valence-electron chi connectivity index (χ2n) is 2.81. The van der Waals surface area contributed by atoms with E-state index in [9.17, 15) is 4.79 Å². The van der Waals surface area contributed by atoms with E-state index < -0.39 is 0 Å². The highest BCUT2D eigenvalue weighted by molar-refractivity contribution is 5.69. The SMILES string of the molecule is C=CCOC(=O)CC(C)CC=C. The van der Waals surface area contributed by atoms with Crippen molar-refractivity contribution >= 4 is 5.97 Å². The van der Waals surface area contributed by atoms with E-state index in [-0.39, 0.29) is 5.97 Å². The Morgan fingerprint density at radius 1 is 1.50 bits per heavy atom. The third kappa shape index (κ3) is 5.71. The predicted octanol–water partition coefficient (Wildman–Crippen LogP) is 2.32. The number of carbonyl (C=O) groups is 1. The van der Waals surface area contributed by atoms with Crippen LogP contribution in [0.25, 0.3) is 0 Å². The van der Waals surface area contributed by atoms with Gasteiger partial charge in [0.15, 0.2) is 0 Å². The van der Waals surface area contributed by atoms with Crippen molar-refractivity contribution < 1.29 is 9.53 Å². The molecule has 2 nitrogen and oxygen atoms in total. The van der Waals surface area contributed by atoms with Crippen LogP contribution in [0.1, 0.15) is 19.8 Å². The smallest absolute Gasteiger partial charge is 0.306 e. The molecule has 0 aromatic carbocycles. The van der Waals surface area contributed by atoms with Gasteiger partial charge in [0.2, 0.25) is 0 Å². The summed E-state index contributed by atoms with van der Waals surface area (Å²) in [6, 6.07) is 0. The van der Waals surface area contributed by atoms with Crippen LogP contribution >= 0.6 is 0 Å². The highest BCUT2D eigenvalue weighted by atomic mass is 16.5. The Hall–Kier alpha value is -1.05. The number of hydrogen-bond acceptors (Lipinski definition) is 2. The lowest BCUT2D eigenvalue weighted by Gasteiger charge is -2.06. The van der Waals surface area contributed by atoms with Crippen LogP contribution in [0.2, 0.25) is 0 Å². The van der Waals surface area contributed by atoms with Gasteiger partial charge in [0.1, 0.15) is 6.61 Å². The van der Waals surface area contributed by atoms with Gasteiger partial charge in [0.05, 0.1) is 0 Å². The predicted molar refractivity (Wildman–Crippen MR) is 49.8 cm³/mol. The molecule has 0 aromatic heterocycles. The molecule has 0 amide bonds. The van der Waals surface area contributed by atoms with Gasteiger partial charge in [0, 0.05) is 6.42 Å². The van der Waals surface area contributed by atoms with E-state index in [1.165, 1.54) is 0 Å². The molecule has 0 radical (unpaired) electrons. The van der Waals surface area contributed by atoms with Crippen LogP contribution < -0.4 is 0 Å². The number of ether oxygens (including phenoxy) is 1. The summed E-state index contributed by atoms with van der Waals surface area (Å²) in [6.45, 7) is 9.36. The Labute approximate surface area is 73.9 Å². The number of allylic oxidation sites excluding steroid dienone is 1. The molecule has 68 valence electrons. The molecule has 0 N–H and O–H groups in total. The molecule has 0 bridgehead atoms. The maximum Gasteiger partial charge on any atom is 0.306 e. The van der Waals surface area contributed by atoms with E-state index >= 15 is 0 Å². The van der Waals surface area contributed by atoms with Crippen LogP contribution in [-0.4, -0.2) is 12.6 Å². The van der Waals surface area contributed by atoms with Crippen molar-refractivity contribution in [3.8, 4) is 0 Å². The van der Waals surface area contributed by atoms with E-state index in [0.717, 1.165) is 6.42 Å². The molecule has 0 saturated heterocycles. The van der Waals surface area contributed by atoms with Crippen LogP contribution in [-0.2, 0) is 9.53 Å². The lowest BCUT2D eigenvalue weighted by molar-refractivity contribution is -0.143. The number of rotatable bonds is 6. The Morgan fingerprint density at radius 2 is 2.17 bits per heavy atom. The summed E-state index contributed by atoms with van der Waals surface area (Å²) in [5.41, 5.74) is 0. The lowest BCUT2D eigenvalue weighted by Crippen LogP contribution is -2.08. The van der Waals surface area contributed by atoms with Gasteiger partial charge < -0.3 is 4.74 Å². The average Bonchev–Trinajstić information content (AvgIpc) is 2.01. The normalized spacial score (nSPS) is 11.8. The highest BCUT2D eigenvalue weighted by Crippen LogP contribution is 2.08. The number of esters is 1. The standard InChI is InChI=1S/C10H16O2/c1-4-6-9(3)8-10(11)12-7-5-2/h4-5,9H,1-2,6-8H2,3H3. The third-order valence-corrected chi connectivity index (χ3v) is 1.45. The first-order valence-corrected chi connectivity index (χ1v) is 4.08. The van der Waals surface area contributed by atoms with Crippen LogP contribution in [0.3, 0.4) is 0 Å². The number of carbonyl (C=O) groups excluding carboxylic acids is 1. The summed E-state index contributed by atoms with van der Waals surface area (Å²) in [4.78, 5) is 11.0. The zero-order valence-corrected chi connectivity index (χ0v) is 7.58. The first-order valence-electron chi connectivity index (χ1n) is 4.08. The molecule has 12 heavy (non-hydrogen) atoms. The van der Waals surface area contributed by atoms with Gasteiger partial charge in [-0.05, 0) is 12.3 Å². The van der Waals surface area contributed by atoms with Gasteiger partial charge in [0.25, 0.3) is 0 Å². The van der Waals surface area contributed by atoms with Crippen LogP contribution in [0.4, 0.5) is 0 Å². The molecular weight excluding hydrogens is 152 g/mol. The quantitative estimate of drug-likeness (QED) is 0.449. The van der Waals surface area contributed by atoms with E-state index in [4.69, 9.17) is 4.74 Å². The first-order chi connectivity index (χ1) is 5.70. The zero-order chi connectivity index (χ0) is 9.40. The van der Waals surface area contributed by atoms with Crippen molar-refractivity contribution in [1.29, 1.82) is 0 Å². The van der Waals surface area contributed by atoms with Crippen molar-refractivity contribution in [2.45, 2.75) is 19.8 Å². The maximum atomic E-state index is 11.0. The first kappa shape index (κ1) is 11.0. The van der Waals surface area contributed by atoms with Crippen molar-refractivity contribution in [3.05, 3.63) is 25.3 Å². The monoisotopic (exact) mass is 168 g/mol. The summed E-state index contributed by atoms with van der Waals surface area (Å²) in [5, 5.41) is 0. The van der Waals surface area contributed by atoms with E-state index in [1.807, 2.05) is 13.0 Å². The second kappa shape index (κ2) is 6.65. The Kier molecular flexibility index (Phi) is 6.07. The molecular formula is C10H16O2. The summed E-state index contributed by atoms with van der Waals surface area (Å²) in [7, 11) is 0. The Bertz CT molecular complexity index is 161. The molecule has 0 aromatic rings. The van der Waals surface area contributed by atoms with Gasteiger partial charge in [-0.2, -0.15) is 0 Å². The van der Waals surface area contributed by atoms with Crippen molar-refractivity contribution in [3.63, 3.8) is 0 Å². The molecule has 0 aliphatic rings. The fourth-order valence-corrected chi connectivity index (χ4v) is 0.863. The van der Waals surface area contributed by atoms with Gasteiger partial charge in [-0.25, -0.2) is 0 Å². The van der Waals surface area contributed by atoms with Crippen LogP contribution in [0, 0.1) is 5.92 Å². The fraction of sp³-hybridized carbons (Fsp3) is 0.500. The van der Waals surface area contributed by atoms with Gasteiger partial charge in [-0.1, -0.05) is 25.7 Å². The summed E-state index contributed by atoms with van der Waals surface area (Å²) in [5.74, 6) is 0.157. The fourth-order valence-electron chi connectivity index (χ4n) is 0.863. The summed E-state index contributed by atoms with van der Waals surface area (Å²) in [6.07, 6.45) is 4.69. The Balaban J connectivity index is 3.53. The third-order valence-electron chi connectivity index (χ3n) is 1.45. The molecule has 0 saturated carbocycles. The maximum absolute atomic E-state index is 11.0. The van der Waals surface area contributed by atoms with Crippen molar-refractivity contribution in [2.75, 3.05) is 6.61 Å². The zero-order valence-electron chi connectivity index (χ0n) is 7.58. The molecule has 1 atom stereocenters. The lowest BCUT2D eigenvalue weighted by atomic mass is 10.0. The molecule has 0 heterocycles. The van der Waals surface area contributed by atoms with Gasteiger partial charge >= 0.3 is 5.97 Å². The van der Waals surface area contributed by atoms with Crippen molar-refractivity contribution in [1.82, 2.24) is 0 Å². The minimum absolute atomic E-state index is 0.163. The molecule has 0 aliphatic carbocycles. The van der Waals surface area contributed by atoms with Gasteiger partial charge in [-0.15, -0.1) is 6.58 Å². The van der Waals surface area contributed by atoms with E-state index in [2.05, 4.69) is 13.2 Å². The minimum atomic E-state index is -0.163. The largest absolute Gasteiger partial charge is 0.461 e. The molecule has 0 rings (SSSR count). The highest BCUT2D eigenvalue weighted by Gasteiger charge is 2.07. The Morgan fingerprint density at radius 3 is 2.67 bits per heavy atom. The van der Waals surface area contributed by atoms with E-state index in [0.29, 0.717) is 18.9 Å². The molecule has 0 aliphatic heterocycles. The van der Waals surface area contributed by atoms with E-state index in [1.54, 1.807) is 6.08 Å². The van der Waals surface area contributed by atoms with Crippen LogP contribution in [0.5, 0.6) is 0 Å². The topological polar surface area (TPSA) is 26.3 Å². The molecule has 2 heteroatoms. The average molecular weight is 168 g/mol. The van der Waals surface area contributed by atoms with Gasteiger partial charge in [-0.3, -0.25) is 4.79 Å². The molecule has 0 spiro atoms. The second-order valence-corrected chi connectivity index (χ2v) is 2.81. The van der Waals surface area contributed by atoms with Crippen LogP contribution in [0.15, 0.2) is 25.3 Å². The molecule has 0 fully saturated rings. The minimum Gasteiger partial charge on any atom is -0.461 e. The molecule has 1 unspecified atom stereocenters. The van der Waals surface area contributed by atoms with Crippen molar-refractivity contribution in [2.24, 2.45) is 5.92 Å². The summed E-state index contributed by atoms with van der Waals surface area (Å²) < 4.78 is 4.82. The number of hydrogen-bond donors (Lipinski definition) is 0. The summed E-state index contributed by atoms with van der Waals surface area (Å²) >= 11 is 0.